The number of hydrogen-bond acceptors (Lipinski definition) is 4. The Balaban J connectivity index is 1.37. The molecule has 1 aliphatic rings. The molecule has 1 fully saturated rings. The molecule has 1 aliphatic heterocycles. The number of aryl methyl sites for hydroxylation is 1. The zero-order valence-electron chi connectivity index (χ0n) is 19.0. The third kappa shape index (κ3) is 4.33. The Morgan fingerprint density at radius 2 is 1.74 bits per heavy atom. The van der Waals surface area contributed by atoms with Gasteiger partial charge in [-0.15, -0.1) is 0 Å². The molecule has 2 heterocycles. The number of rotatable bonds is 8. The molecule has 0 unspecified atom stereocenters. The van der Waals surface area contributed by atoms with Crippen molar-refractivity contribution in [3.05, 3.63) is 83.6 Å². The van der Waals surface area contributed by atoms with Crippen LogP contribution in [0.2, 0.25) is 5.02 Å². The van der Waals surface area contributed by atoms with Crippen LogP contribution in [0.15, 0.2) is 72.8 Å². The molecule has 7 heteroatoms. The SMILES string of the molecule is COc1ccccc1N1C[C@H](c2nc3ccccc3n2CCCOc2ccccc2Cl)CC1=O. The molecule has 0 bridgehead atoms. The molecule has 34 heavy (non-hydrogen) atoms. The van der Waals surface area contributed by atoms with E-state index in [1.54, 1.807) is 7.11 Å². The maximum atomic E-state index is 13.0. The number of aromatic nitrogens is 2. The lowest BCUT2D eigenvalue weighted by Crippen LogP contribution is -2.25. The van der Waals surface area contributed by atoms with Crippen LogP contribution in [-0.4, -0.2) is 35.7 Å². The summed E-state index contributed by atoms with van der Waals surface area (Å²) in [6, 6.07) is 23.2. The molecule has 174 valence electrons. The third-order valence-corrected chi connectivity index (χ3v) is 6.48. The molecule has 0 aliphatic carbocycles. The minimum atomic E-state index is -0.00528. The number of ether oxygens (including phenoxy) is 2. The number of imidazole rings is 1. The minimum absolute atomic E-state index is 0.00528. The lowest BCUT2D eigenvalue weighted by molar-refractivity contribution is -0.117. The van der Waals surface area contributed by atoms with E-state index in [-0.39, 0.29) is 11.8 Å². The van der Waals surface area contributed by atoms with Gasteiger partial charge in [0.15, 0.2) is 0 Å². The van der Waals surface area contributed by atoms with Crippen LogP contribution in [0.5, 0.6) is 11.5 Å². The largest absolute Gasteiger partial charge is 0.495 e. The lowest BCUT2D eigenvalue weighted by Gasteiger charge is -2.20. The summed E-state index contributed by atoms with van der Waals surface area (Å²) >= 11 is 6.21. The number of fused-ring (bicyclic) bond motifs is 1. The predicted octanol–water partition coefficient (Wildman–Crippen LogP) is 5.69. The topological polar surface area (TPSA) is 56.6 Å². The Kier molecular flexibility index (Phi) is 6.41. The first kappa shape index (κ1) is 22.3. The smallest absolute Gasteiger partial charge is 0.227 e. The highest BCUT2D eigenvalue weighted by Gasteiger charge is 2.35. The molecule has 0 N–H and O–H groups in total. The van der Waals surface area contributed by atoms with Crippen molar-refractivity contribution in [1.29, 1.82) is 0 Å². The summed E-state index contributed by atoms with van der Waals surface area (Å²) in [4.78, 5) is 19.8. The molecular formula is C27H26ClN3O3. The molecule has 0 spiro atoms. The molecule has 1 amide bonds. The second-order valence-electron chi connectivity index (χ2n) is 8.32. The van der Waals surface area contributed by atoms with Gasteiger partial charge in [0.1, 0.15) is 17.3 Å². The Bertz CT molecular complexity index is 1320. The third-order valence-electron chi connectivity index (χ3n) is 6.17. The van der Waals surface area contributed by atoms with E-state index in [4.69, 9.17) is 26.1 Å². The fourth-order valence-electron chi connectivity index (χ4n) is 4.57. The van der Waals surface area contributed by atoms with Crippen molar-refractivity contribution in [2.75, 3.05) is 25.2 Å². The van der Waals surface area contributed by atoms with Gasteiger partial charge in [0.2, 0.25) is 5.91 Å². The minimum Gasteiger partial charge on any atom is -0.495 e. The van der Waals surface area contributed by atoms with E-state index in [0.717, 1.165) is 35.5 Å². The monoisotopic (exact) mass is 475 g/mol. The van der Waals surface area contributed by atoms with Crippen LogP contribution in [0.3, 0.4) is 0 Å². The maximum Gasteiger partial charge on any atom is 0.227 e. The highest BCUT2D eigenvalue weighted by molar-refractivity contribution is 6.32. The van der Waals surface area contributed by atoms with E-state index < -0.39 is 0 Å². The van der Waals surface area contributed by atoms with Crippen LogP contribution in [-0.2, 0) is 11.3 Å². The van der Waals surface area contributed by atoms with Gasteiger partial charge in [-0.3, -0.25) is 4.79 Å². The summed E-state index contributed by atoms with van der Waals surface area (Å²) in [6.45, 7) is 1.84. The number of halogens is 1. The highest BCUT2D eigenvalue weighted by Crippen LogP contribution is 2.37. The van der Waals surface area contributed by atoms with Crippen LogP contribution >= 0.6 is 11.6 Å². The number of methoxy groups -OCH3 is 1. The predicted molar refractivity (Wildman–Crippen MR) is 134 cm³/mol. The fraction of sp³-hybridized carbons (Fsp3) is 0.259. The van der Waals surface area contributed by atoms with Gasteiger partial charge in [0.25, 0.3) is 0 Å². The van der Waals surface area contributed by atoms with Crippen molar-refractivity contribution >= 4 is 34.2 Å². The summed E-state index contributed by atoms with van der Waals surface area (Å²) in [5, 5.41) is 0.608. The molecule has 1 aromatic heterocycles. The number of carbonyl (C=O) groups excluding carboxylic acids is 1. The van der Waals surface area contributed by atoms with E-state index >= 15 is 0 Å². The molecule has 1 atom stereocenters. The van der Waals surface area contributed by atoms with Gasteiger partial charge in [0.05, 0.1) is 35.5 Å². The molecule has 1 saturated heterocycles. The van der Waals surface area contributed by atoms with Crippen LogP contribution in [0, 0.1) is 0 Å². The molecule has 5 rings (SSSR count). The summed E-state index contributed by atoms with van der Waals surface area (Å²) in [5.41, 5.74) is 2.81. The van der Waals surface area contributed by atoms with Gasteiger partial charge in [-0.25, -0.2) is 4.98 Å². The van der Waals surface area contributed by atoms with Crippen molar-refractivity contribution in [1.82, 2.24) is 9.55 Å². The van der Waals surface area contributed by atoms with Gasteiger partial charge in [-0.1, -0.05) is 48.0 Å². The Labute approximate surface area is 203 Å². The Hall–Kier alpha value is -3.51. The van der Waals surface area contributed by atoms with Crippen molar-refractivity contribution in [3.8, 4) is 11.5 Å². The first-order valence-corrected chi connectivity index (χ1v) is 11.8. The molecule has 6 nitrogen and oxygen atoms in total. The lowest BCUT2D eigenvalue weighted by atomic mass is 10.1. The van der Waals surface area contributed by atoms with Crippen molar-refractivity contribution < 1.29 is 14.3 Å². The number of hydrogen-bond donors (Lipinski definition) is 0. The summed E-state index contributed by atoms with van der Waals surface area (Å²) in [7, 11) is 1.63. The van der Waals surface area contributed by atoms with Gasteiger partial charge >= 0.3 is 0 Å². The standard InChI is InChI=1S/C27H26ClN3O3/c1-33-25-14-7-5-12-23(25)31-18-19(17-26(31)32)27-29-21-10-3-4-11-22(21)30(27)15-8-16-34-24-13-6-2-9-20(24)28/h2-7,9-14,19H,8,15-18H2,1H3/t19-/m1/s1. The van der Waals surface area contributed by atoms with Crippen LogP contribution in [0.4, 0.5) is 5.69 Å². The van der Waals surface area contributed by atoms with Gasteiger partial charge in [-0.2, -0.15) is 0 Å². The number of anilines is 1. The summed E-state index contributed by atoms with van der Waals surface area (Å²) < 4.78 is 13.6. The maximum absolute atomic E-state index is 13.0. The van der Waals surface area contributed by atoms with Crippen LogP contribution in [0.25, 0.3) is 11.0 Å². The molecule has 0 saturated carbocycles. The molecule has 0 radical (unpaired) electrons. The van der Waals surface area contributed by atoms with E-state index in [9.17, 15) is 4.79 Å². The van der Waals surface area contributed by atoms with E-state index in [0.29, 0.717) is 36.1 Å². The van der Waals surface area contributed by atoms with Gasteiger partial charge < -0.3 is 18.9 Å². The Morgan fingerprint density at radius 3 is 2.56 bits per heavy atom. The van der Waals surface area contributed by atoms with Crippen LogP contribution in [0.1, 0.15) is 24.6 Å². The molecule has 3 aromatic carbocycles. The number of nitrogens with zero attached hydrogens (tertiary/aromatic N) is 3. The number of carbonyl (C=O) groups is 1. The summed E-state index contributed by atoms with van der Waals surface area (Å²) in [5.74, 6) is 2.39. The quantitative estimate of drug-likeness (QED) is 0.307. The van der Waals surface area contributed by atoms with E-state index in [1.807, 2.05) is 71.6 Å². The van der Waals surface area contributed by atoms with Crippen molar-refractivity contribution in [2.45, 2.75) is 25.3 Å². The second kappa shape index (κ2) is 9.77. The Morgan fingerprint density at radius 1 is 1.00 bits per heavy atom. The van der Waals surface area contributed by atoms with E-state index in [2.05, 4.69) is 10.6 Å². The average Bonchev–Trinajstić information content (AvgIpc) is 3.43. The van der Waals surface area contributed by atoms with E-state index in [1.165, 1.54) is 0 Å². The van der Waals surface area contributed by atoms with Gasteiger partial charge in [0, 0.05) is 25.4 Å². The van der Waals surface area contributed by atoms with Crippen molar-refractivity contribution in [2.24, 2.45) is 0 Å². The first-order valence-electron chi connectivity index (χ1n) is 11.4. The zero-order valence-corrected chi connectivity index (χ0v) is 19.7. The molecular weight excluding hydrogens is 450 g/mol. The molecule has 4 aromatic rings. The van der Waals surface area contributed by atoms with Crippen LogP contribution < -0.4 is 14.4 Å². The normalized spacial score (nSPS) is 15.8. The average molecular weight is 476 g/mol. The number of benzene rings is 3. The zero-order chi connectivity index (χ0) is 23.5. The van der Waals surface area contributed by atoms with Crippen molar-refractivity contribution in [3.63, 3.8) is 0 Å². The fourth-order valence-corrected chi connectivity index (χ4v) is 4.76. The second-order valence-corrected chi connectivity index (χ2v) is 8.73. The number of amides is 1. The summed E-state index contributed by atoms with van der Waals surface area (Å²) in [6.07, 6.45) is 1.20. The van der Waals surface area contributed by atoms with Gasteiger partial charge in [-0.05, 0) is 42.8 Å². The first-order chi connectivity index (χ1) is 16.7. The number of para-hydroxylation sites is 5. The highest BCUT2D eigenvalue weighted by atomic mass is 35.5.